The number of nitrogens with zero attached hydrogens (tertiary/aromatic N) is 6. The van der Waals surface area contributed by atoms with Crippen LogP contribution in [0.5, 0.6) is 0 Å². The van der Waals surface area contributed by atoms with Gasteiger partial charge in [-0.3, -0.25) is 9.48 Å². The fraction of sp³-hybridized carbons (Fsp3) is 0.400. The van der Waals surface area contributed by atoms with Gasteiger partial charge in [-0.1, -0.05) is 6.58 Å². The first-order valence-corrected chi connectivity index (χ1v) is 9.98. The maximum absolute atomic E-state index is 14.6. The molecule has 0 bridgehead atoms. The van der Waals surface area contributed by atoms with Crippen molar-refractivity contribution in [2.24, 2.45) is 0 Å². The highest BCUT2D eigenvalue weighted by Gasteiger charge is 2.28. The number of anilines is 3. The number of aromatic amines is 1. The summed E-state index contributed by atoms with van der Waals surface area (Å²) in [4.78, 5) is 27.7. The van der Waals surface area contributed by atoms with Crippen LogP contribution in [0.25, 0.3) is 11.0 Å². The molecule has 0 unspecified atom stereocenters. The number of hydrogen-bond acceptors (Lipinski definition) is 6. The number of rotatable bonds is 6. The van der Waals surface area contributed by atoms with Crippen LogP contribution in [0.2, 0.25) is 0 Å². The second kappa shape index (κ2) is 8.13. The van der Waals surface area contributed by atoms with E-state index >= 15 is 0 Å². The molecule has 1 fully saturated rings. The molecule has 4 heterocycles. The maximum Gasteiger partial charge on any atom is 0.246 e. The summed E-state index contributed by atoms with van der Waals surface area (Å²) in [6.45, 7) is 7.55. The number of aromatic nitrogens is 5. The van der Waals surface area contributed by atoms with E-state index in [2.05, 4.69) is 31.9 Å². The summed E-state index contributed by atoms with van der Waals surface area (Å²) in [7, 11) is 1.87. The summed E-state index contributed by atoms with van der Waals surface area (Å²) in [5.41, 5.74) is 1.15. The molecule has 3 aromatic rings. The fourth-order valence-corrected chi connectivity index (χ4v) is 3.79. The molecule has 0 aliphatic carbocycles. The molecule has 3 aromatic heterocycles. The molecule has 10 heteroatoms. The van der Waals surface area contributed by atoms with Gasteiger partial charge < -0.3 is 20.1 Å². The summed E-state index contributed by atoms with van der Waals surface area (Å²) in [5.74, 6) is 0.315. The Morgan fingerprint density at radius 3 is 3.07 bits per heavy atom. The van der Waals surface area contributed by atoms with Gasteiger partial charge in [-0.2, -0.15) is 15.1 Å². The summed E-state index contributed by atoms with van der Waals surface area (Å²) < 4.78 is 16.3. The van der Waals surface area contributed by atoms with Crippen molar-refractivity contribution in [2.45, 2.75) is 32.4 Å². The van der Waals surface area contributed by atoms with Crippen LogP contribution in [0.15, 0.2) is 31.2 Å². The SMILES string of the molecule is C=CC(=O)N1CCC[C@@H](N(C)c2nc(Nc3cnn(CC)c3)nc3[nH]cc(F)c23)C1. The van der Waals surface area contributed by atoms with Crippen LogP contribution in [0.1, 0.15) is 19.8 Å². The van der Waals surface area contributed by atoms with Gasteiger partial charge in [0.1, 0.15) is 11.5 Å². The van der Waals surface area contributed by atoms with Gasteiger partial charge in [0.15, 0.2) is 5.82 Å². The van der Waals surface area contributed by atoms with Gasteiger partial charge in [0.25, 0.3) is 0 Å². The highest BCUT2D eigenvalue weighted by atomic mass is 19.1. The Hall–Kier alpha value is -3.43. The quantitative estimate of drug-likeness (QED) is 0.605. The second-order valence-electron chi connectivity index (χ2n) is 7.34. The van der Waals surface area contributed by atoms with Crippen molar-refractivity contribution in [1.82, 2.24) is 29.6 Å². The minimum atomic E-state index is -0.410. The number of amides is 1. The van der Waals surface area contributed by atoms with E-state index in [1.165, 1.54) is 12.3 Å². The predicted molar refractivity (Wildman–Crippen MR) is 113 cm³/mol. The fourth-order valence-electron chi connectivity index (χ4n) is 3.79. The molecule has 0 saturated carbocycles. The average molecular weight is 412 g/mol. The van der Waals surface area contributed by atoms with Crippen LogP contribution < -0.4 is 10.2 Å². The third-order valence-corrected chi connectivity index (χ3v) is 5.44. The Labute approximate surface area is 173 Å². The largest absolute Gasteiger partial charge is 0.354 e. The first-order chi connectivity index (χ1) is 14.5. The van der Waals surface area contributed by atoms with E-state index < -0.39 is 5.82 Å². The second-order valence-corrected chi connectivity index (χ2v) is 7.34. The molecule has 1 amide bonds. The van der Waals surface area contributed by atoms with Gasteiger partial charge in [0.2, 0.25) is 11.9 Å². The van der Waals surface area contributed by atoms with E-state index in [1.807, 2.05) is 25.1 Å². The first-order valence-electron chi connectivity index (χ1n) is 9.98. The van der Waals surface area contributed by atoms with E-state index in [-0.39, 0.29) is 11.9 Å². The Bertz CT molecular complexity index is 1070. The number of carbonyl (C=O) groups is 1. The maximum atomic E-state index is 14.6. The molecule has 0 spiro atoms. The summed E-state index contributed by atoms with van der Waals surface area (Å²) in [5, 5.41) is 7.71. The molecular weight excluding hydrogens is 387 g/mol. The number of H-pyrrole nitrogens is 1. The van der Waals surface area contributed by atoms with Crippen LogP contribution in [-0.4, -0.2) is 61.7 Å². The summed E-state index contributed by atoms with van der Waals surface area (Å²) >= 11 is 0. The van der Waals surface area contributed by atoms with E-state index in [4.69, 9.17) is 0 Å². The number of halogens is 1. The lowest BCUT2D eigenvalue weighted by atomic mass is 10.0. The number of nitrogens with one attached hydrogen (secondary N) is 2. The van der Waals surface area contributed by atoms with Crippen LogP contribution in [0, 0.1) is 5.82 Å². The van der Waals surface area contributed by atoms with Crippen molar-refractivity contribution in [2.75, 3.05) is 30.4 Å². The number of fused-ring (bicyclic) bond motifs is 1. The number of piperidine rings is 1. The Morgan fingerprint density at radius 2 is 2.33 bits per heavy atom. The molecule has 9 nitrogen and oxygen atoms in total. The lowest BCUT2D eigenvalue weighted by molar-refractivity contribution is -0.127. The van der Waals surface area contributed by atoms with Gasteiger partial charge >= 0.3 is 0 Å². The zero-order chi connectivity index (χ0) is 21.3. The van der Waals surface area contributed by atoms with Crippen molar-refractivity contribution < 1.29 is 9.18 Å². The predicted octanol–water partition coefficient (Wildman–Crippen LogP) is 2.67. The number of likely N-dealkylation sites (N-methyl/N-ethyl adjacent to an activating group) is 1. The van der Waals surface area contributed by atoms with Crippen molar-refractivity contribution in [3.05, 3.63) is 37.1 Å². The van der Waals surface area contributed by atoms with Crippen LogP contribution in [0.3, 0.4) is 0 Å². The minimum absolute atomic E-state index is 0.00532. The zero-order valence-electron chi connectivity index (χ0n) is 17.1. The molecule has 2 N–H and O–H groups in total. The molecule has 30 heavy (non-hydrogen) atoms. The Kier molecular flexibility index (Phi) is 5.39. The molecule has 4 rings (SSSR count). The number of aryl methyl sites for hydroxylation is 1. The van der Waals surface area contributed by atoms with Gasteiger partial charge in [0, 0.05) is 45.1 Å². The molecule has 0 aromatic carbocycles. The number of hydrogen-bond donors (Lipinski definition) is 2. The van der Waals surface area contributed by atoms with E-state index in [1.54, 1.807) is 15.8 Å². The molecule has 1 saturated heterocycles. The van der Waals surface area contributed by atoms with E-state index in [0.29, 0.717) is 35.9 Å². The summed E-state index contributed by atoms with van der Waals surface area (Å²) in [6, 6.07) is 0.00532. The van der Waals surface area contributed by atoms with Crippen molar-refractivity contribution in [3.63, 3.8) is 0 Å². The number of carbonyl (C=O) groups excluding carboxylic acids is 1. The van der Waals surface area contributed by atoms with Crippen LogP contribution in [0.4, 0.5) is 21.8 Å². The monoisotopic (exact) mass is 412 g/mol. The molecule has 1 aliphatic rings. The molecule has 0 radical (unpaired) electrons. The number of likely N-dealkylation sites (tertiary alicyclic amines) is 1. The molecule has 1 atom stereocenters. The van der Waals surface area contributed by atoms with Gasteiger partial charge in [0.05, 0.1) is 17.3 Å². The van der Waals surface area contributed by atoms with Crippen LogP contribution in [-0.2, 0) is 11.3 Å². The minimum Gasteiger partial charge on any atom is -0.354 e. The van der Waals surface area contributed by atoms with Crippen LogP contribution >= 0.6 is 0 Å². The van der Waals surface area contributed by atoms with E-state index in [0.717, 1.165) is 25.1 Å². The third-order valence-electron chi connectivity index (χ3n) is 5.44. The third kappa shape index (κ3) is 3.72. The molecule has 158 valence electrons. The van der Waals surface area contributed by atoms with Gasteiger partial charge in [-0.25, -0.2) is 4.39 Å². The van der Waals surface area contributed by atoms with Crippen molar-refractivity contribution in [3.8, 4) is 0 Å². The Balaban J connectivity index is 1.67. The highest BCUT2D eigenvalue weighted by Crippen LogP contribution is 2.30. The van der Waals surface area contributed by atoms with Gasteiger partial charge in [-0.05, 0) is 25.8 Å². The lowest BCUT2D eigenvalue weighted by Crippen LogP contribution is -2.48. The topological polar surface area (TPSA) is 95.0 Å². The smallest absolute Gasteiger partial charge is 0.246 e. The summed E-state index contributed by atoms with van der Waals surface area (Å²) in [6.07, 6.45) is 7.89. The molecular formula is C20H25FN8O. The van der Waals surface area contributed by atoms with Crippen molar-refractivity contribution >= 4 is 34.4 Å². The lowest BCUT2D eigenvalue weighted by Gasteiger charge is -2.38. The normalized spacial score (nSPS) is 16.6. The average Bonchev–Trinajstić information content (AvgIpc) is 3.38. The zero-order valence-corrected chi connectivity index (χ0v) is 17.1. The van der Waals surface area contributed by atoms with Gasteiger partial charge in [-0.15, -0.1) is 0 Å². The van der Waals surface area contributed by atoms with E-state index in [9.17, 15) is 9.18 Å². The molecule has 1 aliphatic heterocycles. The standard InChI is InChI=1S/C20H25FN8O/c1-4-16(30)28-8-6-7-14(12-28)27(3)19-17-15(21)10-22-18(17)25-20(26-19)24-13-9-23-29(5-2)11-13/h4,9-11,14H,1,5-8,12H2,2-3H3,(H2,22,24,25,26)/t14-/m1/s1. The first kappa shape index (κ1) is 19.9. The highest BCUT2D eigenvalue weighted by molar-refractivity contribution is 5.90. The Morgan fingerprint density at radius 1 is 1.50 bits per heavy atom. The van der Waals surface area contributed by atoms with Crippen molar-refractivity contribution in [1.29, 1.82) is 0 Å².